The molecule has 1 aliphatic rings. The quantitative estimate of drug-likeness (QED) is 0.816. The van der Waals surface area contributed by atoms with Gasteiger partial charge in [0.25, 0.3) is 0 Å². The molecule has 0 saturated carbocycles. The van der Waals surface area contributed by atoms with Gasteiger partial charge in [0.1, 0.15) is 5.75 Å². The van der Waals surface area contributed by atoms with E-state index in [9.17, 15) is 4.79 Å². The molecule has 1 saturated heterocycles. The van der Waals surface area contributed by atoms with Gasteiger partial charge in [-0.05, 0) is 25.8 Å². The van der Waals surface area contributed by atoms with E-state index < -0.39 is 0 Å². The average molecular weight is 245 g/mol. The SMILES string of the molecule is C=Cc1ccccc1OC(C)N1CCCCC1=O. The predicted molar refractivity (Wildman–Crippen MR) is 72.2 cm³/mol. The normalized spacial score (nSPS) is 17.4. The van der Waals surface area contributed by atoms with Crippen molar-refractivity contribution in [2.24, 2.45) is 0 Å². The summed E-state index contributed by atoms with van der Waals surface area (Å²) < 4.78 is 5.88. The summed E-state index contributed by atoms with van der Waals surface area (Å²) in [6.07, 6.45) is 4.23. The van der Waals surface area contributed by atoms with E-state index in [0.29, 0.717) is 6.42 Å². The molecule has 1 fully saturated rings. The lowest BCUT2D eigenvalue weighted by Crippen LogP contribution is -2.44. The number of benzene rings is 1. The van der Waals surface area contributed by atoms with Gasteiger partial charge in [0.05, 0.1) is 0 Å². The zero-order valence-corrected chi connectivity index (χ0v) is 10.8. The topological polar surface area (TPSA) is 29.5 Å². The number of hydrogen-bond donors (Lipinski definition) is 0. The fraction of sp³-hybridized carbons (Fsp3) is 0.400. The fourth-order valence-electron chi connectivity index (χ4n) is 2.22. The van der Waals surface area contributed by atoms with Crippen LogP contribution in [0.2, 0.25) is 0 Å². The van der Waals surface area contributed by atoms with Gasteiger partial charge in [-0.2, -0.15) is 0 Å². The highest BCUT2D eigenvalue weighted by molar-refractivity contribution is 5.77. The molecule has 1 aliphatic heterocycles. The Kier molecular flexibility index (Phi) is 4.03. The summed E-state index contributed by atoms with van der Waals surface area (Å²) >= 11 is 0. The second kappa shape index (κ2) is 5.71. The smallest absolute Gasteiger partial charge is 0.225 e. The summed E-state index contributed by atoms with van der Waals surface area (Å²) in [5, 5.41) is 0. The van der Waals surface area contributed by atoms with Crippen LogP contribution >= 0.6 is 0 Å². The highest BCUT2D eigenvalue weighted by atomic mass is 16.5. The Morgan fingerprint density at radius 2 is 2.17 bits per heavy atom. The number of amides is 1. The molecule has 1 aromatic carbocycles. The van der Waals surface area contributed by atoms with Crippen LogP contribution in [0, 0.1) is 0 Å². The van der Waals surface area contributed by atoms with Gasteiger partial charge in [-0.15, -0.1) is 0 Å². The molecule has 3 heteroatoms. The minimum atomic E-state index is -0.223. The van der Waals surface area contributed by atoms with Gasteiger partial charge in [-0.3, -0.25) is 4.79 Å². The molecule has 3 nitrogen and oxygen atoms in total. The van der Waals surface area contributed by atoms with Crippen molar-refractivity contribution in [3.05, 3.63) is 36.4 Å². The molecular weight excluding hydrogens is 226 g/mol. The van der Waals surface area contributed by atoms with Crippen molar-refractivity contribution >= 4 is 12.0 Å². The van der Waals surface area contributed by atoms with Crippen LogP contribution in [0.25, 0.3) is 6.08 Å². The lowest BCUT2D eigenvalue weighted by atomic mass is 10.1. The number of carbonyl (C=O) groups is 1. The molecule has 0 N–H and O–H groups in total. The fourth-order valence-corrected chi connectivity index (χ4v) is 2.22. The Balaban J connectivity index is 2.08. The van der Waals surface area contributed by atoms with E-state index in [1.165, 1.54) is 0 Å². The predicted octanol–water partition coefficient (Wildman–Crippen LogP) is 3.07. The summed E-state index contributed by atoms with van der Waals surface area (Å²) in [6.45, 7) is 6.47. The first-order chi connectivity index (χ1) is 8.72. The highest BCUT2D eigenvalue weighted by Gasteiger charge is 2.24. The van der Waals surface area contributed by atoms with Gasteiger partial charge >= 0.3 is 0 Å². The summed E-state index contributed by atoms with van der Waals surface area (Å²) in [5.41, 5.74) is 0.953. The zero-order chi connectivity index (χ0) is 13.0. The summed E-state index contributed by atoms with van der Waals surface area (Å²) in [5.74, 6) is 0.961. The number of carbonyl (C=O) groups excluding carboxylic acids is 1. The lowest BCUT2D eigenvalue weighted by Gasteiger charge is -2.32. The maximum Gasteiger partial charge on any atom is 0.225 e. The third-order valence-corrected chi connectivity index (χ3v) is 3.24. The Hall–Kier alpha value is -1.77. The number of piperidine rings is 1. The highest BCUT2D eigenvalue weighted by Crippen LogP contribution is 2.22. The van der Waals surface area contributed by atoms with Crippen molar-refractivity contribution in [3.63, 3.8) is 0 Å². The van der Waals surface area contributed by atoms with E-state index >= 15 is 0 Å². The first-order valence-electron chi connectivity index (χ1n) is 6.40. The molecule has 96 valence electrons. The maximum atomic E-state index is 11.8. The minimum Gasteiger partial charge on any atom is -0.470 e. The molecule has 18 heavy (non-hydrogen) atoms. The van der Waals surface area contributed by atoms with Gasteiger partial charge in [-0.1, -0.05) is 30.9 Å². The second-order valence-corrected chi connectivity index (χ2v) is 4.50. The third kappa shape index (κ3) is 2.73. The van der Waals surface area contributed by atoms with Crippen LogP contribution in [0.3, 0.4) is 0 Å². The van der Waals surface area contributed by atoms with Gasteiger partial charge in [-0.25, -0.2) is 0 Å². The van der Waals surface area contributed by atoms with Crippen LogP contribution in [-0.2, 0) is 4.79 Å². The van der Waals surface area contributed by atoms with E-state index in [0.717, 1.165) is 30.7 Å². The molecule has 0 aliphatic carbocycles. The first-order valence-corrected chi connectivity index (χ1v) is 6.40. The molecule has 1 unspecified atom stereocenters. The van der Waals surface area contributed by atoms with Crippen molar-refractivity contribution < 1.29 is 9.53 Å². The van der Waals surface area contributed by atoms with Crippen molar-refractivity contribution in [3.8, 4) is 5.75 Å². The van der Waals surface area contributed by atoms with E-state index in [1.807, 2.05) is 36.1 Å². The first kappa shape index (κ1) is 12.7. The Labute approximate surface area is 108 Å². The zero-order valence-electron chi connectivity index (χ0n) is 10.8. The average Bonchev–Trinajstić information content (AvgIpc) is 2.39. The third-order valence-electron chi connectivity index (χ3n) is 3.24. The molecule has 1 heterocycles. The standard InChI is InChI=1S/C15H19NO2/c1-3-13-8-4-5-9-14(13)18-12(2)16-11-7-6-10-15(16)17/h3-5,8-9,12H,1,6-7,10-11H2,2H3. The molecule has 1 aromatic rings. The maximum absolute atomic E-state index is 11.8. The van der Waals surface area contributed by atoms with E-state index in [1.54, 1.807) is 6.08 Å². The number of nitrogens with zero attached hydrogens (tertiary/aromatic N) is 1. The Bertz CT molecular complexity index is 442. The monoisotopic (exact) mass is 245 g/mol. The molecule has 1 atom stereocenters. The molecule has 0 bridgehead atoms. The van der Waals surface area contributed by atoms with E-state index in [-0.39, 0.29) is 12.1 Å². The van der Waals surface area contributed by atoms with Gasteiger partial charge in [0, 0.05) is 18.5 Å². The molecule has 0 radical (unpaired) electrons. The van der Waals surface area contributed by atoms with Crippen LogP contribution in [0.15, 0.2) is 30.8 Å². The van der Waals surface area contributed by atoms with Crippen LogP contribution in [-0.4, -0.2) is 23.6 Å². The van der Waals surface area contributed by atoms with Gasteiger partial charge in [0.15, 0.2) is 6.23 Å². The number of likely N-dealkylation sites (tertiary alicyclic amines) is 1. The van der Waals surface area contributed by atoms with Crippen LogP contribution in [0.5, 0.6) is 5.75 Å². The number of rotatable bonds is 4. The molecule has 0 spiro atoms. The van der Waals surface area contributed by atoms with Crippen LogP contribution in [0.1, 0.15) is 31.7 Å². The van der Waals surface area contributed by atoms with Crippen molar-refractivity contribution in [2.75, 3.05) is 6.54 Å². The summed E-state index contributed by atoms with van der Waals surface area (Å²) in [6, 6.07) is 7.72. The number of hydrogen-bond acceptors (Lipinski definition) is 2. The molecule has 0 aromatic heterocycles. The summed E-state index contributed by atoms with van der Waals surface area (Å²) in [4.78, 5) is 13.6. The van der Waals surface area contributed by atoms with E-state index in [4.69, 9.17) is 4.74 Å². The van der Waals surface area contributed by atoms with Crippen LogP contribution in [0.4, 0.5) is 0 Å². The Morgan fingerprint density at radius 3 is 2.89 bits per heavy atom. The Morgan fingerprint density at radius 1 is 1.39 bits per heavy atom. The summed E-state index contributed by atoms with van der Waals surface area (Å²) in [7, 11) is 0. The number of para-hydroxylation sites is 1. The largest absolute Gasteiger partial charge is 0.470 e. The minimum absolute atomic E-state index is 0.185. The van der Waals surface area contributed by atoms with E-state index in [2.05, 4.69) is 6.58 Å². The molecular formula is C15H19NO2. The second-order valence-electron chi connectivity index (χ2n) is 4.50. The molecule has 1 amide bonds. The number of ether oxygens (including phenoxy) is 1. The molecule has 2 rings (SSSR count). The van der Waals surface area contributed by atoms with Gasteiger partial charge in [0.2, 0.25) is 5.91 Å². The van der Waals surface area contributed by atoms with Crippen LogP contribution < -0.4 is 4.74 Å². The van der Waals surface area contributed by atoms with Crippen molar-refractivity contribution in [1.82, 2.24) is 4.90 Å². The van der Waals surface area contributed by atoms with Crippen molar-refractivity contribution in [2.45, 2.75) is 32.4 Å². The lowest BCUT2D eigenvalue weighted by molar-refractivity contribution is -0.141. The van der Waals surface area contributed by atoms with Gasteiger partial charge < -0.3 is 9.64 Å². The van der Waals surface area contributed by atoms with Crippen molar-refractivity contribution in [1.29, 1.82) is 0 Å².